The second kappa shape index (κ2) is 6.36. The number of rotatable bonds is 5. The minimum atomic E-state index is 0.0720. The number of aromatic nitrogens is 2. The lowest BCUT2D eigenvalue weighted by atomic mass is 10.3. The van der Waals surface area contributed by atoms with E-state index >= 15 is 0 Å². The molecule has 0 saturated carbocycles. The van der Waals surface area contributed by atoms with Gasteiger partial charge in [0.05, 0.1) is 18.5 Å². The number of fused-ring (bicyclic) bond motifs is 1. The first-order chi connectivity index (χ1) is 10.3. The van der Waals surface area contributed by atoms with E-state index in [1.54, 1.807) is 11.3 Å². The van der Waals surface area contributed by atoms with E-state index in [1.807, 2.05) is 5.38 Å². The molecule has 0 aromatic carbocycles. The fourth-order valence-electron chi connectivity index (χ4n) is 2.37. The van der Waals surface area contributed by atoms with Crippen LogP contribution in [0.1, 0.15) is 19.2 Å². The lowest BCUT2D eigenvalue weighted by Crippen LogP contribution is -2.47. The van der Waals surface area contributed by atoms with Crippen molar-refractivity contribution in [3.63, 3.8) is 0 Å². The number of hydrogen-bond donors (Lipinski definition) is 2. The fourth-order valence-corrected chi connectivity index (χ4v) is 3.16. The van der Waals surface area contributed by atoms with E-state index in [9.17, 15) is 4.79 Å². The van der Waals surface area contributed by atoms with Crippen LogP contribution in [0, 0.1) is 0 Å². The topological polar surface area (TPSA) is 70.2 Å². The Balaban J connectivity index is 1.82. The summed E-state index contributed by atoms with van der Waals surface area (Å²) < 4.78 is 0. The lowest BCUT2D eigenvalue weighted by molar-refractivity contribution is -0.124. The Morgan fingerprint density at radius 2 is 2.38 bits per heavy atom. The zero-order chi connectivity index (χ0) is 14.7. The van der Waals surface area contributed by atoms with Crippen molar-refractivity contribution in [1.29, 1.82) is 0 Å². The molecule has 1 aliphatic rings. The highest BCUT2D eigenvalue weighted by Crippen LogP contribution is 2.25. The molecule has 6 nitrogen and oxygen atoms in total. The van der Waals surface area contributed by atoms with Crippen LogP contribution in [0.4, 0.5) is 5.82 Å². The molecule has 1 saturated heterocycles. The second-order valence-corrected chi connectivity index (χ2v) is 6.01. The highest BCUT2D eigenvalue weighted by Gasteiger charge is 2.18. The van der Waals surface area contributed by atoms with E-state index in [1.165, 1.54) is 0 Å². The number of nitrogens with zero attached hydrogens (tertiary/aromatic N) is 3. The maximum absolute atomic E-state index is 11.4. The molecule has 3 heterocycles. The van der Waals surface area contributed by atoms with E-state index in [0.717, 1.165) is 41.4 Å². The summed E-state index contributed by atoms with van der Waals surface area (Å²) in [5.74, 6) is 1.75. The summed E-state index contributed by atoms with van der Waals surface area (Å²) in [5.41, 5.74) is 0. The molecule has 1 aliphatic heterocycles. The standard InChI is InChI=1S/C14H19N5OS/c1-2-4-16-13-10-3-7-21-14(10)18-11(17-13)8-19-6-5-15-12(20)9-19/h3,7H,2,4-6,8-9H2,1H3,(H,15,20)(H,16,17,18). The molecule has 2 N–H and O–H groups in total. The van der Waals surface area contributed by atoms with E-state index in [4.69, 9.17) is 0 Å². The van der Waals surface area contributed by atoms with Crippen LogP contribution >= 0.6 is 11.3 Å². The maximum atomic E-state index is 11.4. The summed E-state index contributed by atoms with van der Waals surface area (Å²) >= 11 is 1.62. The van der Waals surface area contributed by atoms with Crippen LogP contribution in [0.3, 0.4) is 0 Å². The van der Waals surface area contributed by atoms with Crippen molar-refractivity contribution < 1.29 is 4.79 Å². The van der Waals surface area contributed by atoms with Crippen LogP contribution in [0.5, 0.6) is 0 Å². The van der Waals surface area contributed by atoms with Crippen molar-refractivity contribution in [2.45, 2.75) is 19.9 Å². The van der Waals surface area contributed by atoms with Gasteiger partial charge in [0.2, 0.25) is 5.91 Å². The van der Waals surface area contributed by atoms with Crippen molar-refractivity contribution in [3.05, 3.63) is 17.3 Å². The second-order valence-electron chi connectivity index (χ2n) is 5.12. The van der Waals surface area contributed by atoms with Crippen molar-refractivity contribution in [2.24, 2.45) is 0 Å². The molecule has 2 aromatic heterocycles. The lowest BCUT2D eigenvalue weighted by Gasteiger charge is -2.25. The zero-order valence-electron chi connectivity index (χ0n) is 12.1. The quantitative estimate of drug-likeness (QED) is 0.875. The smallest absolute Gasteiger partial charge is 0.234 e. The summed E-state index contributed by atoms with van der Waals surface area (Å²) in [6.45, 7) is 5.60. The third-order valence-corrected chi connectivity index (χ3v) is 4.20. The molecule has 1 amide bonds. The molecule has 3 rings (SSSR count). The number of amides is 1. The predicted molar refractivity (Wildman–Crippen MR) is 84.5 cm³/mol. The van der Waals surface area contributed by atoms with Crippen molar-refractivity contribution >= 4 is 33.3 Å². The predicted octanol–water partition coefficient (Wildman–Crippen LogP) is 1.44. The Hall–Kier alpha value is -1.73. The van der Waals surface area contributed by atoms with Gasteiger partial charge in [-0.3, -0.25) is 9.69 Å². The Morgan fingerprint density at radius 1 is 1.48 bits per heavy atom. The van der Waals surface area contributed by atoms with Gasteiger partial charge in [-0.15, -0.1) is 11.3 Å². The summed E-state index contributed by atoms with van der Waals surface area (Å²) in [7, 11) is 0. The maximum Gasteiger partial charge on any atom is 0.234 e. The summed E-state index contributed by atoms with van der Waals surface area (Å²) in [6, 6.07) is 2.05. The van der Waals surface area contributed by atoms with Gasteiger partial charge in [0, 0.05) is 19.6 Å². The molecule has 2 aromatic rings. The Morgan fingerprint density at radius 3 is 3.19 bits per heavy atom. The minimum Gasteiger partial charge on any atom is -0.369 e. The first-order valence-corrected chi connectivity index (χ1v) is 8.11. The Kier molecular flexibility index (Phi) is 4.31. The van der Waals surface area contributed by atoms with Gasteiger partial charge in [-0.1, -0.05) is 6.92 Å². The first kappa shape index (κ1) is 14.2. The Bertz CT molecular complexity index is 641. The molecule has 112 valence electrons. The number of carbonyl (C=O) groups is 1. The highest BCUT2D eigenvalue weighted by molar-refractivity contribution is 7.16. The number of hydrogen-bond acceptors (Lipinski definition) is 6. The highest BCUT2D eigenvalue weighted by atomic mass is 32.1. The molecular weight excluding hydrogens is 286 g/mol. The van der Waals surface area contributed by atoms with Crippen molar-refractivity contribution in [2.75, 3.05) is 31.5 Å². The minimum absolute atomic E-state index is 0.0720. The molecule has 0 radical (unpaired) electrons. The number of piperazine rings is 1. The molecule has 0 atom stereocenters. The van der Waals surface area contributed by atoms with E-state index in [0.29, 0.717) is 19.6 Å². The summed E-state index contributed by atoms with van der Waals surface area (Å²) in [6.07, 6.45) is 1.05. The van der Waals surface area contributed by atoms with Gasteiger partial charge in [0.15, 0.2) is 0 Å². The molecule has 0 spiro atoms. The average molecular weight is 305 g/mol. The summed E-state index contributed by atoms with van der Waals surface area (Å²) in [4.78, 5) is 23.8. The summed E-state index contributed by atoms with van der Waals surface area (Å²) in [5, 5.41) is 9.31. The molecule has 0 unspecified atom stereocenters. The molecule has 7 heteroatoms. The van der Waals surface area contributed by atoms with E-state index in [2.05, 4.69) is 38.5 Å². The molecule has 0 aliphatic carbocycles. The first-order valence-electron chi connectivity index (χ1n) is 7.23. The van der Waals surface area contributed by atoms with E-state index < -0.39 is 0 Å². The third-order valence-electron chi connectivity index (χ3n) is 3.40. The van der Waals surface area contributed by atoms with Gasteiger partial charge in [-0.05, 0) is 17.9 Å². The average Bonchev–Trinajstić information content (AvgIpc) is 2.93. The zero-order valence-corrected chi connectivity index (χ0v) is 12.9. The van der Waals surface area contributed by atoms with Crippen molar-refractivity contribution in [1.82, 2.24) is 20.2 Å². The fraction of sp³-hybridized carbons (Fsp3) is 0.500. The van der Waals surface area contributed by atoms with Gasteiger partial charge < -0.3 is 10.6 Å². The SMILES string of the molecule is CCCNc1nc(CN2CCNC(=O)C2)nc2sccc12. The molecular formula is C14H19N5OS. The van der Waals surface area contributed by atoms with Gasteiger partial charge in [0.1, 0.15) is 16.5 Å². The Labute approximate surface area is 127 Å². The van der Waals surface area contributed by atoms with Crippen LogP contribution in [0.25, 0.3) is 10.2 Å². The van der Waals surface area contributed by atoms with Crippen molar-refractivity contribution in [3.8, 4) is 0 Å². The number of nitrogens with one attached hydrogen (secondary N) is 2. The normalized spacial score (nSPS) is 16.1. The van der Waals surface area contributed by atoms with E-state index in [-0.39, 0.29) is 5.91 Å². The van der Waals surface area contributed by atoms with Crippen LogP contribution < -0.4 is 10.6 Å². The van der Waals surface area contributed by atoms with Crippen LogP contribution in [-0.2, 0) is 11.3 Å². The van der Waals surface area contributed by atoms with Crippen LogP contribution in [0.15, 0.2) is 11.4 Å². The number of thiophene rings is 1. The van der Waals surface area contributed by atoms with Gasteiger partial charge in [-0.25, -0.2) is 9.97 Å². The van der Waals surface area contributed by atoms with Gasteiger partial charge in [0.25, 0.3) is 0 Å². The van der Waals surface area contributed by atoms with Gasteiger partial charge in [-0.2, -0.15) is 0 Å². The molecule has 0 bridgehead atoms. The van der Waals surface area contributed by atoms with Crippen LogP contribution in [0.2, 0.25) is 0 Å². The largest absolute Gasteiger partial charge is 0.369 e. The number of anilines is 1. The molecule has 21 heavy (non-hydrogen) atoms. The van der Waals surface area contributed by atoms with Gasteiger partial charge >= 0.3 is 0 Å². The van der Waals surface area contributed by atoms with Crippen LogP contribution in [-0.4, -0.2) is 47.0 Å². The third kappa shape index (κ3) is 3.30. The monoisotopic (exact) mass is 305 g/mol. The number of carbonyl (C=O) groups excluding carboxylic acids is 1. The molecule has 1 fully saturated rings.